The summed E-state index contributed by atoms with van der Waals surface area (Å²) in [6.07, 6.45) is 0.275. The van der Waals surface area contributed by atoms with Crippen molar-refractivity contribution in [3.05, 3.63) is 23.4 Å². The van der Waals surface area contributed by atoms with E-state index in [0.717, 1.165) is 5.69 Å². The van der Waals surface area contributed by atoms with Crippen LogP contribution in [-0.2, 0) is 9.53 Å². The van der Waals surface area contributed by atoms with Crippen LogP contribution in [-0.4, -0.2) is 34.9 Å². The van der Waals surface area contributed by atoms with Gasteiger partial charge in [0.1, 0.15) is 0 Å². The molecule has 0 aliphatic carbocycles. The summed E-state index contributed by atoms with van der Waals surface area (Å²) in [5.74, 6) is -0.593. The molecule has 0 unspecified atom stereocenters. The minimum Gasteiger partial charge on any atom is -0.478 e. The molecule has 0 bridgehead atoms. The zero-order chi connectivity index (χ0) is 14.4. The summed E-state index contributed by atoms with van der Waals surface area (Å²) >= 11 is 1.35. The lowest BCUT2D eigenvalue weighted by atomic mass is 10.1. The predicted molar refractivity (Wildman–Crippen MR) is 72.6 cm³/mol. The Labute approximate surface area is 116 Å². The minimum absolute atomic E-state index is 0.152. The molecule has 1 rings (SSSR count). The Morgan fingerprint density at radius 1 is 1.42 bits per heavy atom. The van der Waals surface area contributed by atoms with Crippen LogP contribution >= 0.6 is 11.8 Å². The number of carboxylic acids is 1. The van der Waals surface area contributed by atoms with E-state index in [-0.39, 0.29) is 23.9 Å². The van der Waals surface area contributed by atoms with Gasteiger partial charge in [-0.05, 0) is 18.1 Å². The van der Waals surface area contributed by atoms with Crippen molar-refractivity contribution in [2.24, 2.45) is 0 Å². The van der Waals surface area contributed by atoms with Crippen molar-refractivity contribution in [3.8, 4) is 0 Å². The molecule has 0 radical (unpaired) electrons. The summed E-state index contributed by atoms with van der Waals surface area (Å²) in [6, 6.07) is 3.10. The van der Waals surface area contributed by atoms with Gasteiger partial charge in [-0.25, -0.2) is 9.78 Å². The lowest BCUT2D eigenvalue weighted by Gasteiger charge is -2.09. The van der Waals surface area contributed by atoms with Gasteiger partial charge >= 0.3 is 11.9 Å². The first-order chi connectivity index (χ1) is 8.93. The molecule has 0 atom stereocenters. The molecule has 0 aromatic carbocycles. The van der Waals surface area contributed by atoms with Crippen LogP contribution in [0.1, 0.15) is 42.2 Å². The van der Waals surface area contributed by atoms with Crippen LogP contribution in [0.15, 0.2) is 17.2 Å². The summed E-state index contributed by atoms with van der Waals surface area (Å²) in [7, 11) is 1.34. The maximum atomic E-state index is 11.0. The molecule has 0 amide bonds. The van der Waals surface area contributed by atoms with Gasteiger partial charge in [0, 0.05) is 11.4 Å². The zero-order valence-corrected chi connectivity index (χ0v) is 12.0. The molecule has 0 spiro atoms. The molecule has 5 nitrogen and oxygen atoms in total. The number of methoxy groups -OCH3 is 1. The molecule has 104 valence electrons. The molecule has 1 aromatic rings. The van der Waals surface area contributed by atoms with Gasteiger partial charge < -0.3 is 9.84 Å². The van der Waals surface area contributed by atoms with Crippen molar-refractivity contribution < 1.29 is 19.4 Å². The Balaban J connectivity index is 2.82. The Bertz CT molecular complexity index is 474. The number of ether oxygens (including phenoxy) is 1. The second-order valence-corrected chi connectivity index (χ2v) is 5.37. The fourth-order valence-electron chi connectivity index (χ4n) is 1.36. The van der Waals surface area contributed by atoms with E-state index in [4.69, 9.17) is 5.11 Å². The highest BCUT2D eigenvalue weighted by Gasteiger charge is 2.11. The molecule has 0 saturated heterocycles. The van der Waals surface area contributed by atoms with E-state index in [2.05, 4.69) is 9.72 Å². The van der Waals surface area contributed by atoms with Crippen LogP contribution in [0.4, 0.5) is 0 Å². The van der Waals surface area contributed by atoms with Crippen LogP contribution in [0.25, 0.3) is 0 Å². The van der Waals surface area contributed by atoms with E-state index in [1.165, 1.54) is 24.9 Å². The number of esters is 1. The van der Waals surface area contributed by atoms with Crippen LogP contribution in [0, 0.1) is 0 Å². The summed E-state index contributed by atoms with van der Waals surface area (Å²) in [5.41, 5.74) is 0.958. The number of thioether (sulfide) groups is 1. The van der Waals surface area contributed by atoms with Crippen molar-refractivity contribution in [2.45, 2.75) is 31.2 Å². The van der Waals surface area contributed by atoms with Crippen LogP contribution < -0.4 is 0 Å². The summed E-state index contributed by atoms with van der Waals surface area (Å²) in [5, 5.41) is 9.67. The Morgan fingerprint density at radius 3 is 2.63 bits per heavy atom. The highest BCUT2D eigenvalue weighted by atomic mass is 32.2. The monoisotopic (exact) mass is 283 g/mol. The van der Waals surface area contributed by atoms with Crippen molar-refractivity contribution in [1.82, 2.24) is 4.98 Å². The molecule has 6 heteroatoms. The van der Waals surface area contributed by atoms with E-state index < -0.39 is 5.97 Å². The van der Waals surface area contributed by atoms with E-state index in [1.807, 2.05) is 13.8 Å². The number of aromatic nitrogens is 1. The van der Waals surface area contributed by atoms with Crippen LogP contribution in [0.5, 0.6) is 0 Å². The molecule has 0 aliphatic rings. The number of nitrogens with zero attached hydrogens (tertiary/aromatic N) is 1. The molecule has 0 aliphatic heterocycles. The molecular formula is C13H17NO4S. The Kier molecular flexibility index (Phi) is 5.82. The number of carbonyl (C=O) groups excluding carboxylic acids is 1. The van der Waals surface area contributed by atoms with E-state index in [0.29, 0.717) is 10.8 Å². The average Bonchev–Trinajstić information content (AvgIpc) is 2.38. The lowest BCUT2D eigenvalue weighted by molar-refractivity contribution is -0.140. The number of rotatable bonds is 6. The number of aromatic carboxylic acids is 1. The minimum atomic E-state index is -0.973. The van der Waals surface area contributed by atoms with Gasteiger partial charge in [-0.2, -0.15) is 0 Å². The largest absolute Gasteiger partial charge is 0.478 e. The van der Waals surface area contributed by atoms with Crippen molar-refractivity contribution in [1.29, 1.82) is 0 Å². The highest BCUT2D eigenvalue weighted by molar-refractivity contribution is 7.99. The normalized spacial score (nSPS) is 10.5. The van der Waals surface area contributed by atoms with Crippen LogP contribution in [0.2, 0.25) is 0 Å². The number of carbonyl (C=O) groups is 2. The van der Waals surface area contributed by atoms with Gasteiger partial charge in [-0.1, -0.05) is 13.8 Å². The molecule has 1 heterocycles. The fourth-order valence-corrected chi connectivity index (χ4v) is 2.22. The molecule has 19 heavy (non-hydrogen) atoms. The third-order valence-corrected chi connectivity index (χ3v) is 3.36. The molecule has 1 aromatic heterocycles. The number of carboxylic acid groups (broad SMARTS) is 1. The van der Waals surface area contributed by atoms with Gasteiger partial charge in [0.25, 0.3) is 0 Å². The van der Waals surface area contributed by atoms with E-state index in [1.54, 1.807) is 6.07 Å². The van der Waals surface area contributed by atoms with Gasteiger partial charge in [0.2, 0.25) is 0 Å². The van der Waals surface area contributed by atoms with Gasteiger partial charge in [0.15, 0.2) is 0 Å². The smallest absolute Gasteiger partial charge is 0.335 e. The van der Waals surface area contributed by atoms with Crippen LogP contribution in [0.3, 0.4) is 0 Å². The van der Waals surface area contributed by atoms with Gasteiger partial charge in [-0.15, -0.1) is 11.8 Å². The van der Waals surface area contributed by atoms with E-state index >= 15 is 0 Å². The first kappa shape index (κ1) is 15.5. The first-order valence-corrected chi connectivity index (χ1v) is 6.87. The third kappa shape index (κ3) is 4.90. The molecule has 1 N–H and O–H groups in total. The second kappa shape index (κ2) is 7.13. The molecular weight excluding hydrogens is 266 g/mol. The van der Waals surface area contributed by atoms with Crippen molar-refractivity contribution in [3.63, 3.8) is 0 Å². The first-order valence-electron chi connectivity index (χ1n) is 5.89. The number of hydrogen-bond donors (Lipinski definition) is 1. The fraction of sp³-hybridized carbons (Fsp3) is 0.462. The lowest BCUT2D eigenvalue weighted by Crippen LogP contribution is -2.04. The van der Waals surface area contributed by atoms with E-state index in [9.17, 15) is 9.59 Å². The molecule has 0 saturated carbocycles. The Morgan fingerprint density at radius 2 is 2.11 bits per heavy atom. The Hall–Kier alpha value is -1.56. The quantitative estimate of drug-likeness (QED) is 0.638. The average molecular weight is 283 g/mol. The summed E-state index contributed by atoms with van der Waals surface area (Å²) in [4.78, 5) is 26.4. The maximum absolute atomic E-state index is 11.0. The standard InChI is InChI=1S/C13H17NO4S/c1-8(2)10-6-9(13(16)17)7-11(14-10)19-5-4-12(15)18-3/h6-8H,4-5H2,1-3H3,(H,16,17). The van der Waals surface area contributed by atoms with Crippen molar-refractivity contribution in [2.75, 3.05) is 12.9 Å². The third-order valence-electron chi connectivity index (χ3n) is 2.44. The summed E-state index contributed by atoms with van der Waals surface area (Å²) < 4.78 is 4.55. The topological polar surface area (TPSA) is 76.5 Å². The highest BCUT2D eigenvalue weighted by Crippen LogP contribution is 2.22. The molecule has 0 fully saturated rings. The summed E-state index contributed by atoms with van der Waals surface area (Å²) in [6.45, 7) is 3.91. The number of hydrogen-bond acceptors (Lipinski definition) is 5. The van der Waals surface area contributed by atoms with Crippen molar-refractivity contribution >= 4 is 23.7 Å². The zero-order valence-electron chi connectivity index (χ0n) is 11.2. The van der Waals surface area contributed by atoms with Gasteiger partial charge in [-0.3, -0.25) is 4.79 Å². The maximum Gasteiger partial charge on any atom is 0.335 e. The SMILES string of the molecule is COC(=O)CCSc1cc(C(=O)O)cc(C(C)C)n1. The predicted octanol–water partition coefficient (Wildman–Crippen LogP) is 2.56. The van der Waals surface area contributed by atoms with Gasteiger partial charge in [0.05, 0.1) is 24.1 Å². The second-order valence-electron chi connectivity index (χ2n) is 4.25. The number of pyridine rings is 1.